The first-order valence-corrected chi connectivity index (χ1v) is 6.97. The molecule has 96 valence electrons. The minimum atomic E-state index is 0.115. The van der Waals surface area contributed by atoms with Gasteiger partial charge in [0.2, 0.25) is 5.16 Å². The van der Waals surface area contributed by atoms with E-state index < -0.39 is 0 Å². The predicted molar refractivity (Wildman–Crippen MR) is 68.8 cm³/mol. The van der Waals surface area contributed by atoms with Crippen molar-refractivity contribution in [3.05, 3.63) is 0 Å². The van der Waals surface area contributed by atoms with Crippen molar-refractivity contribution in [2.45, 2.75) is 63.0 Å². The average molecular weight is 255 g/mol. The van der Waals surface area contributed by atoms with E-state index in [1.54, 1.807) is 11.8 Å². The number of hydrogen-bond donors (Lipinski definition) is 1. The van der Waals surface area contributed by atoms with E-state index >= 15 is 0 Å². The first kappa shape index (κ1) is 12.8. The fraction of sp³-hybridized carbons (Fsp3) is 0.909. The SMILES string of the molecule is CC(N)C(Sc1nnnn1C1CC1)C(C)(C)C. The van der Waals surface area contributed by atoms with Gasteiger partial charge in [-0.05, 0) is 35.6 Å². The lowest BCUT2D eigenvalue weighted by molar-refractivity contribution is 0.362. The van der Waals surface area contributed by atoms with Crippen molar-refractivity contribution < 1.29 is 0 Å². The molecule has 5 nitrogen and oxygen atoms in total. The number of rotatable bonds is 4. The number of thioether (sulfide) groups is 1. The molecule has 17 heavy (non-hydrogen) atoms. The highest BCUT2D eigenvalue weighted by atomic mass is 32.2. The van der Waals surface area contributed by atoms with E-state index in [-0.39, 0.29) is 11.5 Å². The second-order valence-corrected chi connectivity index (χ2v) is 7.01. The highest BCUT2D eigenvalue weighted by molar-refractivity contribution is 7.99. The molecule has 2 atom stereocenters. The van der Waals surface area contributed by atoms with Crippen LogP contribution in [0.4, 0.5) is 0 Å². The van der Waals surface area contributed by atoms with Crippen LogP contribution >= 0.6 is 11.8 Å². The van der Waals surface area contributed by atoms with Crippen LogP contribution in [-0.4, -0.2) is 31.5 Å². The van der Waals surface area contributed by atoms with Gasteiger partial charge in [-0.25, -0.2) is 4.68 Å². The summed E-state index contributed by atoms with van der Waals surface area (Å²) in [7, 11) is 0. The molecule has 1 saturated carbocycles. The summed E-state index contributed by atoms with van der Waals surface area (Å²) in [5.41, 5.74) is 6.22. The van der Waals surface area contributed by atoms with Gasteiger partial charge in [-0.1, -0.05) is 32.5 Å². The van der Waals surface area contributed by atoms with E-state index in [4.69, 9.17) is 5.73 Å². The molecule has 1 aromatic heterocycles. The molecule has 1 heterocycles. The van der Waals surface area contributed by atoms with Crippen molar-refractivity contribution in [3.63, 3.8) is 0 Å². The fourth-order valence-corrected chi connectivity index (χ4v) is 3.17. The van der Waals surface area contributed by atoms with Gasteiger partial charge in [0.05, 0.1) is 6.04 Å². The van der Waals surface area contributed by atoms with Crippen molar-refractivity contribution in [3.8, 4) is 0 Å². The second-order valence-electron chi connectivity index (χ2n) is 5.90. The third-order valence-electron chi connectivity index (χ3n) is 2.92. The maximum Gasteiger partial charge on any atom is 0.209 e. The van der Waals surface area contributed by atoms with Gasteiger partial charge in [0.25, 0.3) is 0 Å². The highest BCUT2D eigenvalue weighted by Crippen LogP contribution is 2.40. The summed E-state index contributed by atoms with van der Waals surface area (Å²) >= 11 is 1.71. The predicted octanol–water partition coefficient (Wildman–Crippen LogP) is 1.86. The van der Waals surface area contributed by atoms with Crippen molar-refractivity contribution in [2.75, 3.05) is 0 Å². The normalized spacial score (nSPS) is 20.3. The molecule has 6 heteroatoms. The molecule has 1 aromatic rings. The Bertz CT molecular complexity index is 377. The monoisotopic (exact) mass is 255 g/mol. The van der Waals surface area contributed by atoms with Crippen LogP contribution in [0.1, 0.15) is 46.6 Å². The quantitative estimate of drug-likeness (QED) is 0.832. The van der Waals surface area contributed by atoms with Gasteiger partial charge in [-0.2, -0.15) is 0 Å². The number of aromatic nitrogens is 4. The van der Waals surface area contributed by atoms with E-state index in [2.05, 4.69) is 36.3 Å². The summed E-state index contributed by atoms with van der Waals surface area (Å²) in [6.07, 6.45) is 2.38. The molecule has 1 aliphatic rings. The molecule has 2 N–H and O–H groups in total. The third-order valence-corrected chi connectivity index (χ3v) is 4.79. The number of tetrazole rings is 1. The molecular weight excluding hydrogens is 234 g/mol. The fourth-order valence-electron chi connectivity index (χ4n) is 2.00. The van der Waals surface area contributed by atoms with E-state index in [0.29, 0.717) is 11.3 Å². The zero-order chi connectivity index (χ0) is 12.6. The smallest absolute Gasteiger partial charge is 0.209 e. The number of nitrogens with two attached hydrogens (primary N) is 1. The first-order valence-electron chi connectivity index (χ1n) is 6.09. The van der Waals surface area contributed by atoms with Gasteiger partial charge in [0.15, 0.2) is 0 Å². The third kappa shape index (κ3) is 2.98. The highest BCUT2D eigenvalue weighted by Gasteiger charge is 2.33. The Balaban J connectivity index is 2.14. The van der Waals surface area contributed by atoms with Gasteiger partial charge < -0.3 is 5.73 Å². The Morgan fingerprint density at radius 1 is 1.41 bits per heavy atom. The van der Waals surface area contributed by atoms with Crippen molar-refractivity contribution in [1.82, 2.24) is 20.2 Å². The van der Waals surface area contributed by atoms with Crippen LogP contribution < -0.4 is 5.73 Å². The van der Waals surface area contributed by atoms with Gasteiger partial charge >= 0.3 is 0 Å². The Labute approximate surface area is 107 Å². The largest absolute Gasteiger partial charge is 0.327 e. The van der Waals surface area contributed by atoms with E-state index in [9.17, 15) is 0 Å². The number of nitrogens with zero attached hydrogens (tertiary/aromatic N) is 4. The standard InChI is InChI=1S/C11H21N5S/c1-7(12)9(11(2,3)4)17-10-13-14-15-16(10)8-5-6-8/h7-9H,5-6,12H2,1-4H3. The Kier molecular flexibility index (Phi) is 3.45. The molecule has 1 aliphatic carbocycles. The van der Waals surface area contributed by atoms with Gasteiger partial charge in [0.1, 0.15) is 0 Å². The van der Waals surface area contributed by atoms with Crippen LogP contribution in [0.5, 0.6) is 0 Å². The van der Waals surface area contributed by atoms with Gasteiger partial charge in [-0.3, -0.25) is 0 Å². The summed E-state index contributed by atoms with van der Waals surface area (Å²) in [4.78, 5) is 0. The molecule has 0 radical (unpaired) electrons. The molecule has 2 rings (SSSR count). The van der Waals surface area contributed by atoms with E-state index in [1.807, 2.05) is 11.6 Å². The van der Waals surface area contributed by atoms with E-state index in [1.165, 1.54) is 12.8 Å². The lowest BCUT2D eigenvalue weighted by atomic mass is 9.88. The molecule has 0 amide bonds. The van der Waals surface area contributed by atoms with Crippen LogP contribution in [0.3, 0.4) is 0 Å². The molecule has 1 fully saturated rings. The Morgan fingerprint density at radius 3 is 2.53 bits per heavy atom. The summed E-state index contributed by atoms with van der Waals surface area (Å²) in [5, 5.41) is 13.2. The summed E-state index contributed by atoms with van der Waals surface area (Å²) in [6, 6.07) is 0.630. The lowest BCUT2D eigenvalue weighted by Crippen LogP contribution is -2.39. The molecule has 0 saturated heterocycles. The topological polar surface area (TPSA) is 69.6 Å². The maximum absolute atomic E-state index is 6.08. The van der Waals surface area contributed by atoms with Crippen LogP contribution in [0.2, 0.25) is 0 Å². The van der Waals surface area contributed by atoms with Crippen LogP contribution in [0.25, 0.3) is 0 Å². The van der Waals surface area contributed by atoms with Crippen molar-refractivity contribution in [2.24, 2.45) is 11.1 Å². The zero-order valence-corrected chi connectivity index (χ0v) is 11.7. The minimum absolute atomic E-state index is 0.115. The molecule has 2 unspecified atom stereocenters. The Hall–Kier alpha value is -0.620. The lowest BCUT2D eigenvalue weighted by Gasteiger charge is -2.32. The van der Waals surface area contributed by atoms with Crippen LogP contribution in [0.15, 0.2) is 5.16 Å². The summed E-state index contributed by atoms with van der Waals surface area (Å²) in [6.45, 7) is 8.67. The molecule has 0 spiro atoms. The summed E-state index contributed by atoms with van der Waals surface area (Å²) < 4.78 is 1.95. The zero-order valence-electron chi connectivity index (χ0n) is 10.9. The maximum atomic E-state index is 6.08. The van der Waals surface area contributed by atoms with Crippen molar-refractivity contribution in [1.29, 1.82) is 0 Å². The van der Waals surface area contributed by atoms with Crippen LogP contribution in [0, 0.1) is 5.41 Å². The average Bonchev–Trinajstić information content (AvgIpc) is 2.92. The number of hydrogen-bond acceptors (Lipinski definition) is 5. The summed E-state index contributed by atoms with van der Waals surface area (Å²) in [5.74, 6) is 0. The Morgan fingerprint density at radius 2 is 2.06 bits per heavy atom. The molecule has 0 bridgehead atoms. The minimum Gasteiger partial charge on any atom is -0.327 e. The molecule has 0 aliphatic heterocycles. The molecule has 0 aromatic carbocycles. The first-order chi connectivity index (χ1) is 7.89. The van der Waals surface area contributed by atoms with Crippen molar-refractivity contribution >= 4 is 11.8 Å². The van der Waals surface area contributed by atoms with Crippen LogP contribution in [-0.2, 0) is 0 Å². The van der Waals surface area contributed by atoms with Gasteiger partial charge in [0, 0.05) is 11.3 Å². The molecular formula is C11H21N5S. The van der Waals surface area contributed by atoms with E-state index in [0.717, 1.165) is 5.16 Å². The van der Waals surface area contributed by atoms with Gasteiger partial charge in [-0.15, -0.1) is 5.10 Å². The second kappa shape index (κ2) is 4.57.